The maximum atomic E-state index is 12.7. The SMILES string of the molecule is COc1nn(-c2ccc(C(F)(F)F)nc2)cc1CNC(=O)[C@@H]1[C@@H](O)CCN1C(=O)O. The number of carbonyl (C=O) groups excluding carboxylic acids is 1. The second-order valence-corrected chi connectivity index (χ2v) is 6.50. The van der Waals surface area contributed by atoms with Gasteiger partial charge in [-0.3, -0.25) is 9.69 Å². The highest BCUT2D eigenvalue weighted by atomic mass is 19.4. The van der Waals surface area contributed by atoms with Crippen molar-refractivity contribution < 1.29 is 37.7 Å². The molecule has 0 spiro atoms. The zero-order valence-electron chi connectivity index (χ0n) is 15.6. The predicted molar refractivity (Wildman–Crippen MR) is 93.9 cm³/mol. The summed E-state index contributed by atoms with van der Waals surface area (Å²) in [5, 5.41) is 25.7. The van der Waals surface area contributed by atoms with Crippen molar-refractivity contribution in [2.75, 3.05) is 13.7 Å². The first-order valence-electron chi connectivity index (χ1n) is 8.73. The van der Waals surface area contributed by atoms with E-state index in [1.165, 1.54) is 24.1 Å². The van der Waals surface area contributed by atoms with Gasteiger partial charge in [-0.2, -0.15) is 13.2 Å². The Morgan fingerprint density at radius 1 is 1.37 bits per heavy atom. The van der Waals surface area contributed by atoms with Crippen LogP contribution in [-0.4, -0.2) is 67.7 Å². The number of ether oxygens (including phenoxy) is 1. The van der Waals surface area contributed by atoms with E-state index in [2.05, 4.69) is 15.4 Å². The lowest BCUT2D eigenvalue weighted by Gasteiger charge is -2.22. The number of likely N-dealkylation sites (tertiary alicyclic amines) is 1. The molecule has 0 radical (unpaired) electrons. The van der Waals surface area contributed by atoms with Crippen molar-refractivity contribution >= 4 is 12.0 Å². The molecule has 1 saturated heterocycles. The van der Waals surface area contributed by atoms with Crippen molar-refractivity contribution in [2.24, 2.45) is 0 Å². The number of hydrogen-bond acceptors (Lipinski definition) is 6. The van der Waals surface area contributed by atoms with Gasteiger partial charge in [-0.1, -0.05) is 0 Å². The van der Waals surface area contributed by atoms with E-state index in [1.807, 2.05) is 0 Å². The summed E-state index contributed by atoms with van der Waals surface area (Å²) in [4.78, 5) is 27.8. The fourth-order valence-electron chi connectivity index (χ4n) is 3.10. The Morgan fingerprint density at radius 2 is 2.10 bits per heavy atom. The van der Waals surface area contributed by atoms with Crippen LogP contribution in [0.15, 0.2) is 24.5 Å². The van der Waals surface area contributed by atoms with Gasteiger partial charge >= 0.3 is 12.3 Å². The van der Waals surface area contributed by atoms with E-state index in [9.17, 15) is 27.9 Å². The van der Waals surface area contributed by atoms with Crippen LogP contribution in [0.2, 0.25) is 0 Å². The minimum Gasteiger partial charge on any atom is -0.480 e. The minimum absolute atomic E-state index is 0.0385. The molecular weight excluding hydrogens is 411 g/mol. The Balaban J connectivity index is 1.74. The van der Waals surface area contributed by atoms with E-state index >= 15 is 0 Å². The lowest BCUT2D eigenvalue weighted by atomic mass is 10.1. The molecule has 162 valence electrons. The fourth-order valence-corrected chi connectivity index (χ4v) is 3.10. The van der Waals surface area contributed by atoms with Crippen LogP contribution < -0.4 is 10.1 Å². The quantitative estimate of drug-likeness (QED) is 0.647. The molecule has 2 amide bonds. The molecule has 0 saturated carbocycles. The largest absolute Gasteiger partial charge is 0.480 e. The molecule has 3 rings (SSSR count). The highest BCUT2D eigenvalue weighted by Crippen LogP contribution is 2.28. The van der Waals surface area contributed by atoms with E-state index in [4.69, 9.17) is 9.84 Å². The summed E-state index contributed by atoms with van der Waals surface area (Å²) in [5.41, 5.74) is -0.418. The number of methoxy groups -OCH3 is 1. The molecule has 0 unspecified atom stereocenters. The second-order valence-electron chi connectivity index (χ2n) is 6.50. The van der Waals surface area contributed by atoms with Gasteiger partial charge in [0.05, 0.1) is 30.7 Å². The zero-order chi connectivity index (χ0) is 22.1. The number of carboxylic acid groups (broad SMARTS) is 1. The fraction of sp³-hybridized carbons (Fsp3) is 0.412. The third-order valence-corrected chi connectivity index (χ3v) is 4.58. The third-order valence-electron chi connectivity index (χ3n) is 4.58. The summed E-state index contributed by atoms with van der Waals surface area (Å²) in [7, 11) is 1.33. The standard InChI is InChI=1S/C17H18F3N5O5/c1-30-15-9(6-22-14(27)13-11(26)4-5-24(13)16(28)29)8-25(23-15)10-2-3-12(21-7-10)17(18,19)20/h2-3,7-8,11,13,26H,4-6H2,1H3,(H,22,27)(H,28,29)/t11-,13-/m0/s1. The Labute approximate surface area is 167 Å². The van der Waals surface area contributed by atoms with Crippen molar-refractivity contribution in [2.45, 2.75) is 31.3 Å². The average Bonchev–Trinajstić information content (AvgIpc) is 3.29. The third kappa shape index (κ3) is 4.30. The molecule has 13 heteroatoms. The van der Waals surface area contributed by atoms with Gasteiger partial charge in [0.25, 0.3) is 0 Å². The molecule has 1 aliphatic heterocycles. The van der Waals surface area contributed by atoms with Gasteiger partial charge in [0.15, 0.2) is 0 Å². The van der Waals surface area contributed by atoms with Crippen LogP contribution in [0.25, 0.3) is 5.69 Å². The van der Waals surface area contributed by atoms with Crippen molar-refractivity contribution in [3.63, 3.8) is 0 Å². The smallest absolute Gasteiger partial charge is 0.433 e. The van der Waals surface area contributed by atoms with E-state index in [1.54, 1.807) is 0 Å². The maximum Gasteiger partial charge on any atom is 0.433 e. The van der Waals surface area contributed by atoms with Gasteiger partial charge in [-0.25, -0.2) is 14.5 Å². The number of halogens is 3. The molecule has 1 aliphatic rings. The summed E-state index contributed by atoms with van der Waals surface area (Å²) >= 11 is 0. The van der Waals surface area contributed by atoms with Crippen molar-refractivity contribution in [1.82, 2.24) is 25.0 Å². The van der Waals surface area contributed by atoms with Crippen LogP contribution in [-0.2, 0) is 17.5 Å². The molecule has 2 aromatic rings. The van der Waals surface area contributed by atoms with E-state index in [0.29, 0.717) is 5.56 Å². The number of carbonyl (C=O) groups is 2. The van der Waals surface area contributed by atoms with Gasteiger partial charge in [0, 0.05) is 19.3 Å². The lowest BCUT2D eigenvalue weighted by molar-refractivity contribution is -0.141. The molecular formula is C17H18F3N5O5. The molecule has 0 aromatic carbocycles. The van der Waals surface area contributed by atoms with Crippen molar-refractivity contribution in [1.29, 1.82) is 0 Å². The Hall–Kier alpha value is -3.35. The van der Waals surface area contributed by atoms with Crippen molar-refractivity contribution in [3.05, 3.63) is 35.8 Å². The molecule has 1 fully saturated rings. The molecule has 2 aromatic heterocycles. The van der Waals surface area contributed by atoms with Crippen LogP contribution in [0.5, 0.6) is 5.88 Å². The zero-order valence-corrected chi connectivity index (χ0v) is 15.6. The Kier molecular flexibility index (Phi) is 5.82. The first-order chi connectivity index (χ1) is 14.1. The summed E-state index contributed by atoms with van der Waals surface area (Å²) in [6.45, 7) is -0.0660. The summed E-state index contributed by atoms with van der Waals surface area (Å²) < 4.78 is 44.3. The number of aliphatic hydroxyl groups is 1. The first kappa shape index (κ1) is 21.4. The van der Waals surface area contributed by atoms with Crippen LogP contribution >= 0.6 is 0 Å². The molecule has 0 aliphatic carbocycles. The van der Waals surface area contributed by atoms with Gasteiger partial charge in [0.2, 0.25) is 11.8 Å². The van der Waals surface area contributed by atoms with Crippen LogP contribution in [0, 0.1) is 0 Å². The van der Waals surface area contributed by atoms with E-state index in [-0.39, 0.29) is 31.1 Å². The van der Waals surface area contributed by atoms with Crippen LogP contribution in [0.1, 0.15) is 17.7 Å². The van der Waals surface area contributed by atoms with E-state index < -0.39 is 36.0 Å². The number of rotatable bonds is 5. The maximum absolute atomic E-state index is 12.7. The number of aromatic nitrogens is 3. The van der Waals surface area contributed by atoms with E-state index in [0.717, 1.165) is 17.2 Å². The summed E-state index contributed by atoms with van der Waals surface area (Å²) in [6, 6.07) is 0.764. The molecule has 3 heterocycles. The van der Waals surface area contributed by atoms with Crippen LogP contribution in [0.3, 0.4) is 0 Å². The number of alkyl halides is 3. The summed E-state index contributed by atoms with van der Waals surface area (Å²) in [5.74, 6) is -0.578. The highest BCUT2D eigenvalue weighted by Gasteiger charge is 2.41. The van der Waals surface area contributed by atoms with Gasteiger partial charge in [0.1, 0.15) is 11.7 Å². The molecule has 3 N–H and O–H groups in total. The second kappa shape index (κ2) is 8.18. The monoisotopic (exact) mass is 429 g/mol. The van der Waals surface area contributed by atoms with Gasteiger partial charge in [-0.05, 0) is 18.6 Å². The number of hydrogen-bond donors (Lipinski definition) is 3. The lowest BCUT2D eigenvalue weighted by Crippen LogP contribution is -2.49. The Bertz CT molecular complexity index is 931. The number of amides is 2. The first-order valence-corrected chi connectivity index (χ1v) is 8.73. The normalized spacial score (nSPS) is 19.0. The highest BCUT2D eigenvalue weighted by molar-refractivity contribution is 5.86. The topological polar surface area (TPSA) is 130 Å². The molecule has 30 heavy (non-hydrogen) atoms. The number of aliphatic hydroxyl groups excluding tert-OH is 1. The van der Waals surface area contributed by atoms with Gasteiger partial charge in [-0.15, -0.1) is 5.10 Å². The average molecular weight is 429 g/mol. The molecule has 0 bridgehead atoms. The Morgan fingerprint density at radius 3 is 2.67 bits per heavy atom. The van der Waals surface area contributed by atoms with Crippen molar-refractivity contribution in [3.8, 4) is 11.6 Å². The number of nitrogens with zero attached hydrogens (tertiary/aromatic N) is 4. The predicted octanol–water partition coefficient (Wildman–Crippen LogP) is 1.02. The molecule has 2 atom stereocenters. The molecule has 10 nitrogen and oxygen atoms in total. The number of nitrogens with one attached hydrogen (secondary N) is 1. The summed E-state index contributed by atoms with van der Waals surface area (Å²) in [6.07, 6.45) is -4.42. The van der Waals surface area contributed by atoms with Crippen LogP contribution in [0.4, 0.5) is 18.0 Å². The van der Waals surface area contributed by atoms with Gasteiger partial charge < -0.3 is 20.3 Å². The number of pyridine rings is 1. The minimum atomic E-state index is -4.57.